The van der Waals surface area contributed by atoms with Crippen LogP contribution >= 0.6 is 0 Å². The maximum Gasteiger partial charge on any atom is 0.238 e. The Kier molecular flexibility index (Phi) is 23.0. The van der Waals surface area contributed by atoms with Crippen molar-refractivity contribution >= 4 is 87.2 Å². The number of benzene rings is 17. The molecule has 6 aromatic heterocycles. The van der Waals surface area contributed by atoms with Crippen molar-refractivity contribution < 1.29 is 0 Å². The highest BCUT2D eigenvalue weighted by atomic mass is 15.2. The molecule has 0 spiro atoms. The fourth-order valence-corrected chi connectivity index (χ4v) is 18.5. The number of nitrogens with zero attached hydrogens (tertiary/aromatic N) is 10. The normalized spacial score (nSPS) is 11.2. The van der Waals surface area contributed by atoms with Crippen molar-refractivity contribution in [2.45, 2.75) is 59.3 Å². The third kappa shape index (κ3) is 17.0. The van der Waals surface area contributed by atoms with Crippen LogP contribution in [0.25, 0.3) is 212 Å². The molecule has 0 saturated carbocycles. The average Bonchev–Trinajstić information content (AvgIpc) is 1.54. The first-order chi connectivity index (χ1) is 67.1. The first-order valence-corrected chi connectivity index (χ1v) is 45.9. The number of hydrogen-bond acceptors (Lipinski definition) is 6. The van der Waals surface area contributed by atoms with Gasteiger partial charge in [-0.1, -0.05) is 363 Å². The molecule has 0 aliphatic rings. The Balaban J connectivity index is 0.000000150. The molecule has 0 bridgehead atoms. The Morgan fingerprint density at radius 2 is 0.518 bits per heavy atom. The minimum atomic E-state index is -0.0655. The summed E-state index contributed by atoms with van der Waals surface area (Å²) in [5, 5.41) is 9.30. The molecule has 137 heavy (non-hydrogen) atoms. The van der Waals surface area contributed by atoms with Gasteiger partial charge in [0.1, 0.15) is 0 Å². The summed E-state index contributed by atoms with van der Waals surface area (Å²) in [7, 11) is 0. The van der Waals surface area contributed by atoms with E-state index in [1.54, 1.807) is 6.92 Å². The largest absolute Gasteiger partial charge is 0.309 e. The van der Waals surface area contributed by atoms with Gasteiger partial charge in [-0.15, -0.1) is 6.42 Å². The first kappa shape index (κ1) is 85.5. The van der Waals surface area contributed by atoms with Crippen LogP contribution in [0.15, 0.2) is 413 Å². The number of terminal acetylenes is 1. The Hall–Kier alpha value is -18.2. The second-order valence-electron chi connectivity index (χ2n) is 35.9. The number of para-hydroxylation sites is 4. The predicted octanol–water partition coefficient (Wildman–Crippen LogP) is 30.4. The van der Waals surface area contributed by atoms with E-state index in [4.69, 9.17) is 36.3 Å². The minimum Gasteiger partial charge on any atom is -0.309 e. The number of rotatable bonds is 13. The average molecular weight is 1760 g/mol. The standard InChI is InChI=1S/C65H53N5.C51H33N5.C11H4/c1-64(2,3)50-32-35-56-54(40-50)53-34-37-58-59(55-41-51(65(4,5)6)33-36-57(55)69(58)52-26-14-9-15-27-52)60(53)70(56)63-67-61(66-62(68-63)49-25-17-24-48(39-49)43-20-12-8-13-21-43)45-30-28-44(29-31-45)47-23-16-22-46(38-47)42-18-10-7-11-19-42;1-4-15-34(16-5-1)35-27-29-36(30-28-35)38-19-14-20-39(31-38)50-52-49(37-17-6-2-7-18-37)53-51(54-50)56-46-26-13-11-24-42(46)44-32-47-43(33-48(44)56)41-23-10-12-25-45(41)55(47)40-21-8-3-9-22-40;1-3-5-7-9-11-10-8-6-4-2/h7-41H,1-6H3;1-33H;1H,2H3. The summed E-state index contributed by atoms with van der Waals surface area (Å²) in [6, 6.07) is 147. The van der Waals surface area contributed by atoms with E-state index in [0.29, 0.717) is 35.2 Å². The molecular formula is C127H90N10. The van der Waals surface area contributed by atoms with Crippen molar-refractivity contribution in [2.24, 2.45) is 0 Å². The summed E-state index contributed by atoms with van der Waals surface area (Å²) in [6.45, 7) is 15.4. The van der Waals surface area contributed by atoms with Crippen LogP contribution in [0.2, 0.25) is 0 Å². The Morgan fingerprint density at radius 3 is 0.978 bits per heavy atom. The SMILES string of the molecule is C#CC#CC#CC#CC#CC.CC(C)(C)c1ccc2c(c1)c1c(ccc3c4cc(C(C)(C)C)ccc4n(-c4nc(-c5ccc(-c6cccc(-c7ccccc7)c6)cc5)nc(-c5cccc(-c6ccccc6)c5)n4)c31)n2-c1ccccc1.c1ccc(-c2ccc(-c3cccc(-c4nc(-c5ccccc5)nc(-n5c6ccccc6c6cc7c(cc65)c5ccccc5n7-c5ccccc5)n4)c3)cc2)cc1. The Bertz CT molecular complexity index is 8910. The van der Waals surface area contributed by atoms with Gasteiger partial charge in [0.15, 0.2) is 23.3 Å². The predicted molar refractivity (Wildman–Crippen MR) is 569 cm³/mol. The van der Waals surface area contributed by atoms with E-state index in [0.717, 1.165) is 133 Å². The van der Waals surface area contributed by atoms with Crippen LogP contribution in [-0.4, -0.2) is 48.2 Å². The van der Waals surface area contributed by atoms with Crippen LogP contribution in [0.1, 0.15) is 59.6 Å². The lowest BCUT2D eigenvalue weighted by molar-refractivity contribution is 0.591. The fourth-order valence-electron chi connectivity index (χ4n) is 18.5. The molecule has 0 fully saturated rings. The number of hydrogen-bond donors (Lipinski definition) is 0. The van der Waals surface area contributed by atoms with Crippen LogP contribution in [0.4, 0.5) is 0 Å². The first-order valence-electron chi connectivity index (χ1n) is 45.9. The van der Waals surface area contributed by atoms with E-state index in [9.17, 15) is 0 Å². The number of fused-ring (bicyclic) bond motifs is 13. The van der Waals surface area contributed by atoms with E-state index >= 15 is 0 Å². The van der Waals surface area contributed by atoms with E-state index in [-0.39, 0.29) is 10.8 Å². The van der Waals surface area contributed by atoms with Gasteiger partial charge in [-0.2, -0.15) is 19.9 Å². The highest BCUT2D eigenvalue weighted by molar-refractivity contribution is 6.26. The van der Waals surface area contributed by atoms with Gasteiger partial charge < -0.3 is 9.13 Å². The summed E-state index contributed by atoms with van der Waals surface area (Å²) in [6.07, 6.45) is 4.84. The molecule has 6 heterocycles. The fraction of sp³-hybridized carbons (Fsp3) is 0.0709. The lowest BCUT2D eigenvalue weighted by Gasteiger charge is -2.19. The lowest BCUT2D eigenvalue weighted by atomic mass is 9.86. The monoisotopic (exact) mass is 1750 g/mol. The van der Waals surface area contributed by atoms with Gasteiger partial charge in [-0.05, 0) is 229 Å². The van der Waals surface area contributed by atoms with Crippen molar-refractivity contribution in [2.75, 3.05) is 0 Å². The third-order valence-electron chi connectivity index (χ3n) is 25.3. The van der Waals surface area contributed by atoms with Crippen LogP contribution in [0.5, 0.6) is 0 Å². The molecule has 17 aromatic carbocycles. The smallest absolute Gasteiger partial charge is 0.238 e. The maximum atomic E-state index is 5.52. The molecule has 0 N–H and O–H groups in total. The third-order valence-corrected chi connectivity index (χ3v) is 25.3. The van der Waals surface area contributed by atoms with Gasteiger partial charge >= 0.3 is 0 Å². The molecule has 10 nitrogen and oxygen atoms in total. The van der Waals surface area contributed by atoms with Crippen molar-refractivity contribution in [3.63, 3.8) is 0 Å². The van der Waals surface area contributed by atoms with E-state index < -0.39 is 0 Å². The van der Waals surface area contributed by atoms with Gasteiger partial charge in [0.25, 0.3) is 0 Å². The van der Waals surface area contributed by atoms with Crippen molar-refractivity contribution in [1.82, 2.24) is 48.2 Å². The zero-order chi connectivity index (χ0) is 93.1. The van der Waals surface area contributed by atoms with E-state index in [1.165, 1.54) is 55.1 Å². The molecule has 23 aromatic rings. The molecule has 23 rings (SSSR count). The molecule has 0 aliphatic heterocycles. The van der Waals surface area contributed by atoms with Crippen LogP contribution in [0, 0.1) is 59.7 Å². The van der Waals surface area contributed by atoms with Gasteiger partial charge in [-0.25, -0.2) is 9.97 Å². The molecule has 0 saturated heterocycles. The Morgan fingerprint density at radius 1 is 0.212 bits per heavy atom. The van der Waals surface area contributed by atoms with Crippen molar-refractivity contribution in [3.8, 4) is 184 Å². The van der Waals surface area contributed by atoms with Gasteiger partial charge in [-0.3, -0.25) is 9.13 Å². The molecule has 0 radical (unpaired) electrons. The Labute approximate surface area is 797 Å². The quantitative estimate of drug-likeness (QED) is 0.107. The van der Waals surface area contributed by atoms with E-state index in [1.807, 2.05) is 24.3 Å². The highest BCUT2D eigenvalue weighted by Crippen LogP contribution is 2.47. The summed E-state index contributed by atoms with van der Waals surface area (Å²) in [4.78, 5) is 32.0. The highest BCUT2D eigenvalue weighted by Gasteiger charge is 2.29. The molecular weight excluding hydrogens is 1670 g/mol. The van der Waals surface area contributed by atoms with Gasteiger partial charge in [0.05, 0.1) is 44.1 Å². The molecule has 0 atom stereocenters. The molecule has 0 unspecified atom stereocenters. The second-order valence-corrected chi connectivity index (χ2v) is 35.9. The lowest BCUT2D eigenvalue weighted by Crippen LogP contribution is -2.11. The minimum absolute atomic E-state index is 0.0654. The number of aromatic nitrogens is 10. The second kappa shape index (κ2) is 36.8. The summed E-state index contributed by atoms with van der Waals surface area (Å²) < 4.78 is 9.31. The zero-order valence-corrected chi connectivity index (χ0v) is 76.8. The summed E-state index contributed by atoms with van der Waals surface area (Å²) >= 11 is 0. The topological polar surface area (TPSA) is 97.1 Å². The van der Waals surface area contributed by atoms with Crippen molar-refractivity contribution in [1.29, 1.82) is 0 Å². The van der Waals surface area contributed by atoms with Crippen LogP contribution in [0.3, 0.4) is 0 Å². The maximum absolute atomic E-state index is 5.52. The molecule has 0 aliphatic carbocycles. The molecule has 648 valence electrons. The van der Waals surface area contributed by atoms with Crippen molar-refractivity contribution in [3.05, 3.63) is 424 Å². The zero-order valence-electron chi connectivity index (χ0n) is 76.8. The summed E-state index contributed by atoms with van der Waals surface area (Å²) in [5.74, 6) is 25.5. The molecule has 0 amide bonds. The molecule has 10 heteroatoms. The van der Waals surface area contributed by atoms with Gasteiger partial charge in [0, 0.05) is 76.7 Å². The van der Waals surface area contributed by atoms with Gasteiger partial charge in [0.2, 0.25) is 11.9 Å². The summed E-state index contributed by atoms with van der Waals surface area (Å²) in [5.41, 5.74) is 28.6. The van der Waals surface area contributed by atoms with Crippen LogP contribution < -0.4 is 0 Å². The van der Waals surface area contributed by atoms with Crippen LogP contribution in [-0.2, 0) is 10.8 Å². The van der Waals surface area contributed by atoms with E-state index in [2.05, 4.69) is 501 Å².